The van der Waals surface area contributed by atoms with Crippen molar-refractivity contribution in [3.05, 3.63) is 33.9 Å². The van der Waals surface area contributed by atoms with E-state index < -0.39 is 10.9 Å². The molecule has 2 unspecified atom stereocenters. The van der Waals surface area contributed by atoms with E-state index in [1.165, 1.54) is 31.4 Å². The van der Waals surface area contributed by atoms with Gasteiger partial charge >= 0.3 is 5.97 Å². The molecule has 0 amide bonds. The number of fused-ring (bicyclic) bond motifs is 1. The van der Waals surface area contributed by atoms with Crippen LogP contribution in [-0.4, -0.2) is 28.6 Å². The second-order valence-corrected chi connectivity index (χ2v) is 5.86. The number of anilines is 1. The topological polar surface area (TPSA) is 83.7 Å². The van der Waals surface area contributed by atoms with Crippen LogP contribution in [0.1, 0.15) is 42.5 Å². The molecule has 2 atom stereocenters. The molecule has 112 valence electrons. The van der Waals surface area contributed by atoms with Crippen LogP contribution in [0.3, 0.4) is 0 Å². The van der Waals surface area contributed by atoms with Gasteiger partial charge in [0.05, 0.1) is 10.5 Å². The van der Waals surface area contributed by atoms with Crippen molar-refractivity contribution in [1.29, 1.82) is 0 Å². The van der Waals surface area contributed by atoms with Gasteiger partial charge in [-0.25, -0.2) is 4.79 Å². The lowest BCUT2D eigenvalue weighted by Crippen LogP contribution is -2.35. The smallest absolute Gasteiger partial charge is 0.335 e. The van der Waals surface area contributed by atoms with Crippen LogP contribution in [0.15, 0.2) is 18.2 Å². The maximum Gasteiger partial charge on any atom is 0.335 e. The molecule has 3 rings (SSSR count). The number of carboxylic acid groups (broad SMARTS) is 1. The zero-order chi connectivity index (χ0) is 15.0. The Bertz CT molecular complexity index is 587. The van der Waals surface area contributed by atoms with Crippen molar-refractivity contribution in [2.75, 3.05) is 11.4 Å². The third kappa shape index (κ3) is 2.46. The van der Waals surface area contributed by atoms with Crippen LogP contribution in [0, 0.1) is 16.0 Å². The van der Waals surface area contributed by atoms with E-state index in [0.29, 0.717) is 17.6 Å². The largest absolute Gasteiger partial charge is 0.478 e. The number of hydrogen-bond acceptors (Lipinski definition) is 4. The number of carboxylic acids is 1. The van der Waals surface area contributed by atoms with Crippen LogP contribution < -0.4 is 4.90 Å². The Hall–Kier alpha value is -2.11. The Kier molecular flexibility index (Phi) is 3.53. The normalized spacial score (nSPS) is 24.7. The second-order valence-electron chi connectivity index (χ2n) is 5.86. The maximum atomic E-state index is 11.3. The Morgan fingerprint density at radius 2 is 2.05 bits per heavy atom. The van der Waals surface area contributed by atoms with Crippen LogP contribution in [0.4, 0.5) is 11.4 Å². The van der Waals surface area contributed by atoms with Crippen LogP contribution in [0.2, 0.25) is 0 Å². The highest BCUT2D eigenvalue weighted by molar-refractivity contribution is 5.90. The predicted molar refractivity (Wildman–Crippen MR) is 77.8 cm³/mol. The van der Waals surface area contributed by atoms with Gasteiger partial charge in [0.1, 0.15) is 5.69 Å². The molecule has 6 nitrogen and oxygen atoms in total. The highest BCUT2D eigenvalue weighted by Crippen LogP contribution is 2.41. The number of nitro groups is 1. The summed E-state index contributed by atoms with van der Waals surface area (Å²) in [5.41, 5.74) is 0.436. The molecule has 1 saturated heterocycles. The van der Waals surface area contributed by atoms with E-state index in [4.69, 9.17) is 5.11 Å². The molecule has 0 aromatic heterocycles. The molecule has 2 fully saturated rings. The quantitative estimate of drug-likeness (QED) is 0.683. The van der Waals surface area contributed by atoms with Gasteiger partial charge in [-0.3, -0.25) is 10.1 Å². The van der Waals surface area contributed by atoms with Gasteiger partial charge in [-0.15, -0.1) is 0 Å². The fourth-order valence-electron chi connectivity index (χ4n) is 3.75. The molecule has 1 aliphatic heterocycles. The van der Waals surface area contributed by atoms with E-state index >= 15 is 0 Å². The van der Waals surface area contributed by atoms with Crippen LogP contribution in [0.25, 0.3) is 0 Å². The molecule has 6 heteroatoms. The minimum atomic E-state index is -1.14. The Morgan fingerprint density at radius 1 is 1.29 bits per heavy atom. The number of hydrogen-bond donors (Lipinski definition) is 1. The Labute approximate surface area is 122 Å². The standard InChI is InChI=1S/C15H18N2O4/c18-15(19)11-5-6-13(14(9-11)17(20)21)16-8-7-10-3-1-2-4-12(10)16/h5-6,9-10,12H,1-4,7-8H2,(H,18,19). The lowest BCUT2D eigenvalue weighted by atomic mass is 9.85. The molecule has 1 aromatic rings. The maximum absolute atomic E-state index is 11.3. The minimum Gasteiger partial charge on any atom is -0.478 e. The van der Waals surface area contributed by atoms with Crippen molar-refractivity contribution < 1.29 is 14.8 Å². The van der Waals surface area contributed by atoms with Crippen LogP contribution >= 0.6 is 0 Å². The number of nitro benzene ring substituents is 1. The Balaban J connectivity index is 1.98. The molecule has 21 heavy (non-hydrogen) atoms. The monoisotopic (exact) mass is 290 g/mol. The number of benzene rings is 1. The van der Waals surface area contributed by atoms with Gasteiger partial charge in [-0.05, 0) is 37.3 Å². The zero-order valence-corrected chi connectivity index (χ0v) is 11.7. The predicted octanol–water partition coefficient (Wildman–Crippen LogP) is 3.06. The SMILES string of the molecule is O=C(O)c1ccc(N2CCC3CCCCC32)c([N+](=O)[O-])c1. The number of nitrogens with zero attached hydrogens (tertiary/aromatic N) is 2. The average Bonchev–Trinajstić information content (AvgIpc) is 2.90. The summed E-state index contributed by atoms with van der Waals surface area (Å²) >= 11 is 0. The molecule has 1 aliphatic carbocycles. The fourth-order valence-corrected chi connectivity index (χ4v) is 3.75. The molecular formula is C15H18N2O4. The van der Waals surface area contributed by atoms with Crippen molar-refractivity contribution in [3.8, 4) is 0 Å². The van der Waals surface area contributed by atoms with E-state index in [-0.39, 0.29) is 11.3 Å². The molecule has 0 radical (unpaired) electrons. The summed E-state index contributed by atoms with van der Waals surface area (Å²) in [6.45, 7) is 0.822. The molecular weight excluding hydrogens is 272 g/mol. The van der Waals surface area contributed by atoms with Crippen LogP contribution in [0.5, 0.6) is 0 Å². The summed E-state index contributed by atoms with van der Waals surface area (Å²) in [5.74, 6) is -0.515. The second kappa shape index (κ2) is 5.35. The van der Waals surface area contributed by atoms with Crippen molar-refractivity contribution >= 4 is 17.3 Å². The van der Waals surface area contributed by atoms with E-state index in [0.717, 1.165) is 19.4 Å². The first kappa shape index (κ1) is 13.9. The molecule has 0 spiro atoms. The fraction of sp³-hybridized carbons (Fsp3) is 0.533. The van der Waals surface area contributed by atoms with E-state index in [1.807, 2.05) is 0 Å². The average molecular weight is 290 g/mol. The first-order valence-electron chi connectivity index (χ1n) is 7.36. The summed E-state index contributed by atoms with van der Waals surface area (Å²) < 4.78 is 0. The van der Waals surface area contributed by atoms with Crippen molar-refractivity contribution in [1.82, 2.24) is 0 Å². The molecule has 2 aliphatic rings. The Morgan fingerprint density at radius 3 is 2.76 bits per heavy atom. The minimum absolute atomic E-state index is 0.0372. The van der Waals surface area contributed by atoms with E-state index in [9.17, 15) is 14.9 Å². The first-order chi connectivity index (χ1) is 10.1. The van der Waals surface area contributed by atoms with Gasteiger partial charge < -0.3 is 10.0 Å². The number of carbonyl (C=O) groups is 1. The highest BCUT2D eigenvalue weighted by Gasteiger charge is 2.38. The van der Waals surface area contributed by atoms with Crippen molar-refractivity contribution in [2.45, 2.75) is 38.1 Å². The summed E-state index contributed by atoms with van der Waals surface area (Å²) in [5, 5.41) is 20.3. The molecule has 1 saturated carbocycles. The third-order valence-corrected chi connectivity index (χ3v) is 4.74. The summed E-state index contributed by atoms with van der Waals surface area (Å²) in [6.07, 6.45) is 5.75. The van der Waals surface area contributed by atoms with E-state index in [1.54, 1.807) is 6.07 Å². The van der Waals surface area contributed by atoms with E-state index in [2.05, 4.69) is 4.90 Å². The van der Waals surface area contributed by atoms with Crippen LogP contribution in [-0.2, 0) is 0 Å². The van der Waals surface area contributed by atoms with Gasteiger partial charge in [-0.1, -0.05) is 12.8 Å². The van der Waals surface area contributed by atoms with Gasteiger partial charge in [0.15, 0.2) is 0 Å². The zero-order valence-electron chi connectivity index (χ0n) is 11.7. The summed E-state index contributed by atoms with van der Waals surface area (Å²) in [4.78, 5) is 23.9. The summed E-state index contributed by atoms with van der Waals surface area (Å²) in [6, 6.07) is 4.60. The van der Waals surface area contributed by atoms with Gasteiger partial charge in [0, 0.05) is 18.7 Å². The van der Waals surface area contributed by atoms with Gasteiger partial charge in [0.25, 0.3) is 5.69 Å². The highest BCUT2D eigenvalue weighted by atomic mass is 16.6. The molecule has 1 heterocycles. The first-order valence-corrected chi connectivity index (χ1v) is 7.36. The van der Waals surface area contributed by atoms with Crippen molar-refractivity contribution in [3.63, 3.8) is 0 Å². The van der Waals surface area contributed by atoms with Gasteiger partial charge in [-0.2, -0.15) is 0 Å². The lowest BCUT2D eigenvalue weighted by Gasteiger charge is -2.32. The third-order valence-electron chi connectivity index (χ3n) is 4.74. The lowest BCUT2D eigenvalue weighted by molar-refractivity contribution is -0.384. The number of aromatic carboxylic acids is 1. The summed E-state index contributed by atoms with van der Waals surface area (Å²) in [7, 11) is 0. The molecule has 0 bridgehead atoms. The molecule has 1 aromatic carbocycles. The number of rotatable bonds is 3. The van der Waals surface area contributed by atoms with Crippen molar-refractivity contribution in [2.24, 2.45) is 5.92 Å². The van der Waals surface area contributed by atoms with Gasteiger partial charge in [0.2, 0.25) is 0 Å². The molecule has 1 N–H and O–H groups in total.